The van der Waals surface area contributed by atoms with Crippen LogP contribution < -0.4 is 5.32 Å². The number of aromatic nitrogens is 2. The van der Waals surface area contributed by atoms with Crippen LogP contribution in [-0.4, -0.2) is 39.8 Å². The van der Waals surface area contributed by atoms with Crippen molar-refractivity contribution in [2.45, 2.75) is 44.6 Å². The van der Waals surface area contributed by atoms with Crippen molar-refractivity contribution in [1.82, 2.24) is 14.3 Å². The predicted molar refractivity (Wildman–Crippen MR) is 114 cm³/mol. The van der Waals surface area contributed by atoms with Crippen molar-refractivity contribution in [3.05, 3.63) is 47.3 Å². The van der Waals surface area contributed by atoms with E-state index < -0.39 is 0 Å². The maximum atomic E-state index is 12.4. The van der Waals surface area contributed by atoms with E-state index in [1.165, 1.54) is 40.0 Å². The number of hydrogen-bond donors (Lipinski definition) is 2. The number of nitrogens with zero attached hydrogens (tertiary/aromatic N) is 2. The molecule has 1 aromatic carbocycles. The number of carbonyl (C=O) groups is 1. The van der Waals surface area contributed by atoms with Crippen LogP contribution in [0.2, 0.25) is 0 Å². The lowest BCUT2D eigenvalue weighted by Gasteiger charge is -2.45. The second-order valence-corrected chi connectivity index (χ2v) is 9.23. The monoisotopic (exact) mass is 394 g/mol. The fourth-order valence-corrected chi connectivity index (χ4v) is 5.90. The molecule has 6 heteroatoms. The third-order valence-corrected chi connectivity index (χ3v) is 7.28. The van der Waals surface area contributed by atoms with Crippen molar-refractivity contribution in [1.29, 1.82) is 0 Å². The van der Waals surface area contributed by atoms with Gasteiger partial charge in [0.05, 0.1) is 5.69 Å². The minimum absolute atomic E-state index is 0.104. The molecule has 0 radical (unpaired) electrons. The minimum Gasteiger partial charge on any atom is -0.361 e. The average molecular weight is 395 g/mol. The molecule has 5 rings (SSSR count). The number of hydrogen-bond acceptors (Lipinski definition) is 4. The fourth-order valence-electron chi connectivity index (χ4n) is 5.22. The molecule has 3 aromatic rings. The van der Waals surface area contributed by atoms with E-state index in [4.69, 9.17) is 0 Å². The first-order valence-corrected chi connectivity index (χ1v) is 10.9. The van der Waals surface area contributed by atoms with Gasteiger partial charge in [-0.25, -0.2) is 0 Å². The smallest absolute Gasteiger partial charge is 0.225 e. The lowest BCUT2D eigenvalue weighted by molar-refractivity contribution is -0.116. The Morgan fingerprint density at radius 2 is 2.32 bits per heavy atom. The van der Waals surface area contributed by atoms with E-state index in [1.54, 1.807) is 0 Å². The molecule has 1 aliphatic carbocycles. The van der Waals surface area contributed by atoms with Gasteiger partial charge >= 0.3 is 0 Å². The molecule has 0 saturated carbocycles. The Morgan fingerprint density at radius 1 is 1.43 bits per heavy atom. The highest BCUT2D eigenvalue weighted by atomic mass is 32.1. The third-order valence-electron chi connectivity index (χ3n) is 6.48. The Balaban J connectivity index is 1.28. The number of benzene rings is 1. The fraction of sp³-hybridized carbons (Fsp3) is 0.455. The molecule has 1 fully saturated rings. The quantitative estimate of drug-likeness (QED) is 0.693. The summed E-state index contributed by atoms with van der Waals surface area (Å²) in [7, 11) is 2.25. The van der Waals surface area contributed by atoms with Gasteiger partial charge in [-0.2, -0.15) is 4.37 Å². The highest BCUT2D eigenvalue weighted by Crippen LogP contribution is 2.45. The first-order valence-electron chi connectivity index (χ1n) is 10.1. The number of aromatic amines is 1. The number of amides is 1. The first kappa shape index (κ1) is 17.9. The molecule has 5 nitrogen and oxygen atoms in total. The molecule has 146 valence electrons. The number of H-pyrrole nitrogens is 1. The van der Waals surface area contributed by atoms with Gasteiger partial charge in [0.15, 0.2) is 0 Å². The van der Waals surface area contributed by atoms with Crippen LogP contribution in [0.25, 0.3) is 10.9 Å². The number of carbonyl (C=O) groups excluding carboxylic acids is 1. The molecule has 1 saturated heterocycles. The van der Waals surface area contributed by atoms with Crippen LogP contribution in [0.1, 0.15) is 42.0 Å². The van der Waals surface area contributed by atoms with Crippen LogP contribution in [0.15, 0.2) is 30.5 Å². The zero-order chi connectivity index (χ0) is 19.3. The summed E-state index contributed by atoms with van der Waals surface area (Å²) >= 11 is 1.35. The van der Waals surface area contributed by atoms with Crippen molar-refractivity contribution in [3.8, 4) is 0 Å². The summed E-state index contributed by atoms with van der Waals surface area (Å²) in [5, 5.41) is 5.28. The highest BCUT2D eigenvalue weighted by Gasteiger charge is 2.39. The number of piperidine rings is 1. The molecule has 0 spiro atoms. The molecule has 28 heavy (non-hydrogen) atoms. The second-order valence-electron chi connectivity index (χ2n) is 8.42. The first-order chi connectivity index (χ1) is 13.6. The summed E-state index contributed by atoms with van der Waals surface area (Å²) in [5.74, 6) is 1.21. The Bertz CT molecular complexity index is 1020. The van der Waals surface area contributed by atoms with Gasteiger partial charge in [0, 0.05) is 42.0 Å². The van der Waals surface area contributed by atoms with Gasteiger partial charge in [-0.05, 0) is 73.9 Å². The number of fused-ring (bicyclic) bond motifs is 2. The standard InChI is InChI=1S/C22H26N4OS/c1-13-8-21(28-25-13)24-20(27)7-6-14-9-17-16-4-3-5-18-22(16)15(11-23-18)10-19(17)26(2)12-14/h3-5,8,11,14,17,19,23H,6-7,9-10,12H2,1-2H3,(H,24,27)/t14-,17?,19-/m1/s1. The van der Waals surface area contributed by atoms with Gasteiger partial charge in [0.25, 0.3) is 0 Å². The molecule has 2 aliphatic rings. The summed E-state index contributed by atoms with van der Waals surface area (Å²) < 4.78 is 4.22. The van der Waals surface area contributed by atoms with E-state index >= 15 is 0 Å². The Morgan fingerprint density at radius 3 is 3.14 bits per heavy atom. The topological polar surface area (TPSA) is 61.0 Å². The van der Waals surface area contributed by atoms with E-state index in [0.717, 1.165) is 30.1 Å². The molecule has 1 unspecified atom stereocenters. The number of likely N-dealkylation sites (N-methyl/N-ethyl adjacent to an activating group) is 1. The summed E-state index contributed by atoms with van der Waals surface area (Å²) in [6.45, 7) is 3.02. The number of rotatable bonds is 4. The van der Waals surface area contributed by atoms with Crippen molar-refractivity contribution < 1.29 is 4.79 Å². The van der Waals surface area contributed by atoms with Gasteiger partial charge in [-0.15, -0.1) is 0 Å². The van der Waals surface area contributed by atoms with E-state index in [1.807, 2.05) is 13.0 Å². The van der Waals surface area contributed by atoms with Gasteiger partial charge in [-0.3, -0.25) is 4.79 Å². The predicted octanol–water partition coefficient (Wildman–Crippen LogP) is 4.31. The molecule has 1 amide bonds. The normalized spacial score (nSPS) is 24.3. The maximum absolute atomic E-state index is 12.4. The lowest BCUT2D eigenvalue weighted by Crippen LogP contribution is -2.47. The molecule has 0 bridgehead atoms. The SMILES string of the molecule is Cc1cc(NC(=O)CC[C@@H]2CC3c4cccc5[nH]cc(c45)C[C@H]3N(C)C2)sn1. The lowest BCUT2D eigenvalue weighted by atomic mass is 9.71. The molecule has 3 heterocycles. The van der Waals surface area contributed by atoms with Gasteiger partial charge in [0.2, 0.25) is 5.91 Å². The Labute approximate surface area is 169 Å². The van der Waals surface area contributed by atoms with Gasteiger partial charge < -0.3 is 15.2 Å². The average Bonchev–Trinajstić information content (AvgIpc) is 3.28. The van der Waals surface area contributed by atoms with E-state index in [9.17, 15) is 4.79 Å². The number of aryl methyl sites for hydroxylation is 1. The van der Waals surface area contributed by atoms with E-state index in [0.29, 0.717) is 24.3 Å². The largest absolute Gasteiger partial charge is 0.361 e. The van der Waals surface area contributed by atoms with Gasteiger partial charge in [-0.1, -0.05) is 12.1 Å². The Hall–Kier alpha value is -2.18. The summed E-state index contributed by atoms with van der Waals surface area (Å²) in [6.07, 6.45) is 6.00. The number of anilines is 1. The second kappa shape index (κ2) is 7.01. The van der Waals surface area contributed by atoms with E-state index in [2.05, 4.69) is 51.0 Å². The zero-order valence-electron chi connectivity index (χ0n) is 16.4. The molecule has 2 N–H and O–H groups in total. The number of nitrogens with one attached hydrogen (secondary N) is 2. The molecular weight excluding hydrogens is 368 g/mol. The van der Waals surface area contributed by atoms with Crippen molar-refractivity contribution in [2.75, 3.05) is 18.9 Å². The van der Waals surface area contributed by atoms with Crippen LogP contribution in [0.3, 0.4) is 0 Å². The van der Waals surface area contributed by atoms with Crippen molar-refractivity contribution in [2.24, 2.45) is 5.92 Å². The Kier molecular flexibility index (Phi) is 4.48. The molecule has 2 aromatic heterocycles. The highest BCUT2D eigenvalue weighted by molar-refractivity contribution is 7.10. The van der Waals surface area contributed by atoms with Crippen molar-refractivity contribution in [3.63, 3.8) is 0 Å². The summed E-state index contributed by atoms with van der Waals surface area (Å²) in [5.41, 5.74) is 5.16. The number of likely N-dealkylation sites (tertiary alicyclic amines) is 1. The van der Waals surface area contributed by atoms with Crippen molar-refractivity contribution >= 4 is 33.3 Å². The minimum atomic E-state index is 0.104. The van der Waals surface area contributed by atoms with Crippen LogP contribution in [0.4, 0.5) is 5.00 Å². The van der Waals surface area contributed by atoms with Crippen LogP contribution in [0.5, 0.6) is 0 Å². The van der Waals surface area contributed by atoms with Gasteiger partial charge in [0.1, 0.15) is 5.00 Å². The van der Waals surface area contributed by atoms with Crippen LogP contribution in [-0.2, 0) is 11.2 Å². The maximum Gasteiger partial charge on any atom is 0.225 e. The molecule has 1 aliphatic heterocycles. The van der Waals surface area contributed by atoms with Crippen LogP contribution >= 0.6 is 11.5 Å². The zero-order valence-corrected chi connectivity index (χ0v) is 17.2. The van der Waals surface area contributed by atoms with Crippen LogP contribution in [0, 0.1) is 12.8 Å². The summed E-state index contributed by atoms with van der Waals surface area (Å²) in [6, 6.07) is 9.16. The third kappa shape index (κ3) is 3.14. The molecule has 3 atom stereocenters. The summed E-state index contributed by atoms with van der Waals surface area (Å²) in [4.78, 5) is 18.3. The van der Waals surface area contributed by atoms with E-state index in [-0.39, 0.29) is 5.91 Å². The molecular formula is C22H26N4OS.